The number of carbonyl (C=O) groups excluding carboxylic acids is 2. The third kappa shape index (κ3) is 5.86. The largest absolute Gasteiger partial charge is 0.489 e. The second-order valence-corrected chi connectivity index (χ2v) is 8.47. The Morgan fingerprint density at radius 2 is 1.61 bits per heavy atom. The molecule has 38 heavy (non-hydrogen) atoms. The van der Waals surface area contributed by atoms with Crippen LogP contribution in [0.3, 0.4) is 0 Å². The number of hydrazone groups is 1. The number of ether oxygens (including phenoxy) is 1. The fourth-order valence-corrected chi connectivity index (χ4v) is 3.67. The average Bonchev–Trinajstić information content (AvgIpc) is 3.14. The van der Waals surface area contributed by atoms with Crippen molar-refractivity contribution in [2.24, 2.45) is 12.1 Å². The zero-order valence-electron chi connectivity index (χ0n) is 21.1. The molecule has 3 aromatic carbocycles. The molecule has 4 aromatic rings. The molecule has 4 rings (SSSR count). The summed E-state index contributed by atoms with van der Waals surface area (Å²) in [7, 11) is 1.69. The van der Waals surface area contributed by atoms with Crippen LogP contribution in [0.2, 0.25) is 0 Å². The third-order valence-electron chi connectivity index (χ3n) is 5.91. The molecule has 0 aliphatic rings. The molecule has 0 saturated heterocycles. The summed E-state index contributed by atoms with van der Waals surface area (Å²) < 4.78 is 21.7. The number of halogens is 1. The van der Waals surface area contributed by atoms with E-state index in [0.29, 0.717) is 28.4 Å². The number of hydrogen-bond acceptors (Lipinski definition) is 5. The van der Waals surface area contributed by atoms with E-state index in [0.717, 1.165) is 5.56 Å². The summed E-state index contributed by atoms with van der Waals surface area (Å²) >= 11 is 0. The van der Waals surface area contributed by atoms with Gasteiger partial charge in [0, 0.05) is 7.05 Å². The van der Waals surface area contributed by atoms with Crippen molar-refractivity contribution >= 4 is 23.2 Å². The molecular formula is C28H26FN5O4. The van der Waals surface area contributed by atoms with Gasteiger partial charge >= 0.3 is 11.8 Å². The van der Waals surface area contributed by atoms with E-state index in [1.807, 2.05) is 6.07 Å². The van der Waals surface area contributed by atoms with Crippen molar-refractivity contribution in [3.8, 4) is 11.4 Å². The number of hydrogen-bond donors (Lipinski definition) is 2. The summed E-state index contributed by atoms with van der Waals surface area (Å²) in [6.45, 7) is 3.63. The number of benzene rings is 3. The number of carbonyl (C=O) groups is 2. The second kappa shape index (κ2) is 11.4. The molecule has 0 saturated carbocycles. The van der Waals surface area contributed by atoms with Gasteiger partial charge in [0.05, 0.1) is 17.1 Å². The van der Waals surface area contributed by atoms with E-state index < -0.39 is 17.4 Å². The summed E-state index contributed by atoms with van der Waals surface area (Å²) in [4.78, 5) is 37.8. The van der Waals surface area contributed by atoms with Gasteiger partial charge in [0.15, 0.2) is 0 Å². The molecule has 0 spiro atoms. The van der Waals surface area contributed by atoms with E-state index in [9.17, 15) is 18.8 Å². The number of nitrogens with one attached hydrogen (secondary N) is 2. The topological polar surface area (TPSA) is 107 Å². The summed E-state index contributed by atoms with van der Waals surface area (Å²) in [6.07, 6.45) is 0. The monoisotopic (exact) mass is 515 g/mol. The minimum Gasteiger partial charge on any atom is -0.489 e. The van der Waals surface area contributed by atoms with E-state index in [-0.39, 0.29) is 18.1 Å². The number of aromatic nitrogens is 2. The van der Waals surface area contributed by atoms with Gasteiger partial charge in [-0.2, -0.15) is 5.10 Å². The highest BCUT2D eigenvalue weighted by Gasteiger charge is 2.21. The Bertz CT molecular complexity index is 1540. The van der Waals surface area contributed by atoms with Gasteiger partial charge in [-0.15, -0.1) is 0 Å². The smallest absolute Gasteiger partial charge is 0.329 e. The van der Waals surface area contributed by atoms with E-state index in [2.05, 4.69) is 15.8 Å². The molecule has 2 amide bonds. The number of rotatable bonds is 7. The van der Waals surface area contributed by atoms with Gasteiger partial charge < -0.3 is 10.1 Å². The fourth-order valence-electron chi connectivity index (χ4n) is 3.67. The number of nitrogens with zero attached hydrogens (tertiary/aromatic N) is 3. The lowest BCUT2D eigenvalue weighted by Gasteiger charge is -2.08. The van der Waals surface area contributed by atoms with Gasteiger partial charge in [0.2, 0.25) is 0 Å². The summed E-state index contributed by atoms with van der Waals surface area (Å²) in [6, 6.07) is 22.0. The van der Waals surface area contributed by atoms with Crippen molar-refractivity contribution in [1.29, 1.82) is 0 Å². The van der Waals surface area contributed by atoms with Crippen LogP contribution in [0.4, 0.5) is 10.1 Å². The highest BCUT2D eigenvalue weighted by Crippen LogP contribution is 2.16. The van der Waals surface area contributed by atoms with E-state index in [1.165, 1.54) is 16.8 Å². The standard InChI is InChI=1S/C28H26FN5O4/c1-18(21-11-15-24(16-12-21)38-17-20-9-13-22(29)14-10-20)31-32-27(36)26(35)30-25-19(2)33(3)34(28(25)37)23-7-5-4-6-8-23/h4-16H,17H2,1-3H3,(H,30,35)(H,32,36)/b31-18+. The molecular weight excluding hydrogens is 489 g/mol. The van der Waals surface area contributed by atoms with Crippen LogP contribution >= 0.6 is 0 Å². The Hall–Kier alpha value is -4.99. The molecule has 10 heteroatoms. The summed E-state index contributed by atoms with van der Waals surface area (Å²) in [5, 5.41) is 6.39. The highest BCUT2D eigenvalue weighted by atomic mass is 19.1. The molecule has 9 nitrogen and oxygen atoms in total. The lowest BCUT2D eigenvalue weighted by atomic mass is 10.1. The van der Waals surface area contributed by atoms with Crippen LogP contribution in [0.15, 0.2) is 88.8 Å². The van der Waals surface area contributed by atoms with Crippen LogP contribution in [0.1, 0.15) is 23.7 Å². The van der Waals surface area contributed by atoms with Crippen molar-refractivity contribution in [3.63, 3.8) is 0 Å². The van der Waals surface area contributed by atoms with Crippen molar-refractivity contribution in [3.05, 3.63) is 112 Å². The average molecular weight is 516 g/mol. The lowest BCUT2D eigenvalue weighted by molar-refractivity contribution is -0.136. The number of amides is 2. The van der Waals surface area contributed by atoms with Crippen LogP contribution in [0.25, 0.3) is 5.69 Å². The minimum absolute atomic E-state index is 0.00781. The first-order valence-electron chi connectivity index (χ1n) is 11.7. The zero-order chi connectivity index (χ0) is 27.2. The molecule has 1 heterocycles. The van der Waals surface area contributed by atoms with Crippen molar-refractivity contribution in [2.45, 2.75) is 20.5 Å². The highest BCUT2D eigenvalue weighted by molar-refractivity contribution is 6.39. The minimum atomic E-state index is -1.02. The Labute approximate surface area is 218 Å². The van der Waals surface area contributed by atoms with Crippen molar-refractivity contribution in [1.82, 2.24) is 14.8 Å². The van der Waals surface area contributed by atoms with Crippen molar-refractivity contribution in [2.75, 3.05) is 5.32 Å². The first-order valence-corrected chi connectivity index (χ1v) is 11.7. The Morgan fingerprint density at radius 1 is 0.947 bits per heavy atom. The maximum atomic E-state index is 13.0. The molecule has 0 aliphatic carbocycles. The zero-order valence-corrected chi connectivity index (χ0v) is 21.1. The molecule has 194 valence electrons. The first-order chi connectivity index (χ1) is 18.2. The number of anilines is 1. The quantitative estimate of drug-likeness (QED) is 0.222. The lowest BCUT2D eigenvalue weighted by Crippen LogP contribution is -2.34. The fraction of sp³-hybridized carbons (Fsp3) is 0.143. The first kappa shape index (κ1) is 26.1. The van der Waals surface area contributed by atoms with Crippen LogP contribution < -0.4 is 21.0 Å². The summed E-state index contributed by atoms with van der Waals surface area (Å²) in [5.41, 5.74) is 4.87. The van der Waals surface area contributed by atoms with Gasteiger partial charge in [-0.05, 0) is 73.5 Å². The molecule has 0 unspecified atom stereocenters. The Balaban J connectivity index is 1.36. The van der Waals surface area contributed by atoms with E-state index in [4.69, 9.17) is 4.74 Å². The molecule has 0 aliphatic heterocycles. The molecule has 1 aromatic heterocycles. The van der Waals surface area contributed by atoms with Gasteiger partial charge in [-0.25, -0.2) is 14.5 Å². The summed E-state index contributed by atoms with van der Waals surface area (Å²) in [5.74, 6) is -1.73. The van der Waals surface area contributed by atoms with Gasteiger partial charge in [0.25, 0.3) is 5.56 Å². The molecule has 2 N–H and O–H groups in total. The van der Waals surface area contributed by atoms with Crippen LogP contribution in [-0.2, 0) is 23.2 Å². The molecule has 0 fully saturated rings. The van der Waals surface area contributed by atoms with Gasteiger partial charge in [-0.3, -0.25) is 19.1 Å². The van der Waals surface area contributed by atoms with E-state index in [1.54, 1.807) is 86.2 Å². The Morgan fingerprint density at radius 3 is 2.26 bits per heavy atom. The van der Waals surface area contributed by atoms with Gasteiger partial charge in [0.1, 0.15) is 23.9 Å². The maximum Gasteiger partial charge on any atom is 0.329 e. The number of para-hydroxylation sites is 1. The molecule has 0 bridgehead atoms. The van der Waals surface area contributed by atoms with Gasteiger partial charge in [-0.1, -0.05) is 30.3 Å². The molecule has 0 radical (unpaired) electrons. The predicted molar refractivity (Wildman–Crippen MR) is 142 cm³/mol. The van der Waals surface area contributed by atoms with Crippen LogP contribution in [-0.4, -0.2) is 26.9 Å². The second-order valence-electron chi connectivity index (χ2n) is 8.47. The van der Waals surface area contributed by atoms with Crippen molar-refractivity contribution < 1.29 is 18.7 Å². The van der Waals surface area contributed by atoms with Crippen LogP contribution in [0, 0.1) is 12.7 Å². The van der Waals surface area contributed by atoms with E-state index >= 15 is 0 Å². The SMILES string of the molecule is C/C(=N\NC(=O)C(=O)Nc1c(C)n(C)n(-c2ccccc2)c1=O)c1ccc(OCc2ccc(F)cc2)cc1. The van der Waals surface area contributed by atoms with Crippen LogP contribution in [0.5, 0.6) is 5.75 Å². The normalized spacial score (nSPS) is 11.2. The third-order valence-corrected chi connectivity index (χ3v) is 5.91. The Kier molecular flexibility index (Phi) is 7.81. The molecule has 0 atom stereocenters. The maximum absolute atomic E-state index is 13.0. The predicted octanol–water partition coefficient (Wildman–Crippen LogP) is 3.68.